The molecule has 0 spiro atoms. The minimum Gasteiger partial charge on any atom is -0.468 e. The first-order valence-electron chi connectivity index (χ1n) is 5.77. The number of nitrogens with two attached hydrogens (primary N) is 1. The summed E-state index contributed by atoms with van der Waals surface area (Å²) in [7, 11) is 1.19. The highest BCUT2D eigenvalue weighted by atomic mass is 32.2. The van der Waals surface area contributed by atoms with E-state index in [1.54, 1.807) is 0 Å². The van der Waals surface area contributed by atoms with E-state index < -0.39 is 28.9 Å². The second kappa shape index (κ2) is 10.9. The van der Waals surface area contributed by atoms with Crippen LogP contribution in [0.5, 0.6) is 0 Å². The Balaban J connectivity index is 3.73. The fourth-order valence-electron chi connectivity index (χ4n) is 1.00. The number of ether oxygens (including phenoxy) is 2. The van der Waals surface area contributed by atoms with E-state index in [1.165, 1.54) is 7.11 Å². The van der Waals surface area contributed by atoms with Crippen LogP contribution < -0.4 is 5.73 Å². The van der Waals surface area contributed by atoms with Crippen LogP contribution in [0, 0.1) is 10.1 Å². The van der Waals surface area contributed by atoms with Crippen molar-refractivity contribution in [3.8, 4) is 0 Å². The van der Waals surface area contributed by atoms with E-state index in [4.69, 9.17) is 5.73 Å². The van der Waals surface area contributed by atoms with Crippen molar-refractivity contribution >= 4 is 29.5 Å². The SMILES string of the molecule is COC(=O)[C@@H](N)CSCC(=O)C(=O)OCCCO[N+](=O)[O-]. The largest absolute Gasteiger partial charge is 0.468 e. The van der Waals surface area contributed by atoms with Crippen LogP contribution in [0.1, 0.15) is 6.42 Å². The molecule has 11 heteroatoms. The topological polar surface area (TPSA) is 148 Å². The van der Waals surface area contributed by atoms with Crippen molar-refractivity contribution in [2.45, 2.75) is 12.5 Å². The maximum absolute atomic E-state index is 11.3. The van der Waals surface area contributed by atoms with E-state index in [0.717, 1.165) is 11.8 Å². The first-order chi connectivity index (χ1) is 9.88. The van der Waals surface area contributed by atoms with Gasteiger partial charge in [-0.05, 0) is 0 Å². The molecule has 0 aromatic rings. The van der Waals surface area contributed by atoms with Crippen LogP contribution in [0.15, 0.2) is 0 Å². The second-order valence-corrected chi connectivity index (χ2v) is 4.64. The van der Waals surface area contributed by atoms with E-state index in [1.807, 2.05) is 0 Å². The minimum atomic E-state index is -1.05. The molecule has 0 aliphatic heterocycles. The fraction of sp³-hybridized carbons (Fsp3) is 0.700. The van der Waals surface area contributed by atoms with Crippen molar-refractivity contribution in [1.82, 2.24) is 0 Å². The van der Waals surface area contributed by atoms with Gasteiger partial charge in [-0.3, -0.25) is 9.59 Å². The van der Waals surface area contributed by atoms with Gasteiger partial charge in [-0.2, -0.15) is 11.8 Å². The highest BCUT2D eigenvalue weighted by Crippen LogP contribution is 2.04. The number of hydrogen-bond donors (Lipinski definition) is 1. The molecule has 120 valence electrons. The van der Waals surface area contributed by atoms with Crippen molar-refractivity contribution in [3.63, 3.8) is 0 Å². The molecular weight excluding hydrogens is 308 g/mol. The number of methoxy groups -OCH3 is 1. The van der Waals surface area contributed by atoms with Crippen LogP contribution in [0.4, 0.5) is 0 Å². The van der Waals surface area contributed by atoms with E-state index in [9.17, 15) is 24.5 Å². The Morgan fingerprint density at radius 1 is 1.33 bits per heavy atom. The summed E-state index contributed by atoms with van der Waals surface area (Å²) >= 11 is 0.999. The first kappa shape index (κ1) is 19.1. The van der Waals surface area contributed by atoms with Crippen molar-refractivity contribution in [3.05, 3.63) is 10.1 Å². The van der Waals surface area contributed by atoms with Gasteiger partial charge in [-0.1, -0.05) is 0 Å². The number of carbonyl (C=O) groups is 3. The summed E-state index contributed by atoms with van der Waals surface area (Å²) < 4.78 is 8.98. The average Bonchev–Trinajstić information content (AvgIpc) is 2.44. The number of Topliss-reactive ketones (excluding diaryl/α,β-unsaturated/α-hetero) is 1. The predicted octanol–water partition coefficient (Wildman–Crippen LogP) is -1.07. The third kappa shape index (κ3) is 9.62. The molecule has 0 aliphatic rings. The molecule has 0 amide bonds. The lowest BCUT2D eigenvalue weighted by Crippen LogP contribution is -2.34. The van der Waals surface area contributed by atoms with Crippen LogP contribution in [0.2, 0.25) is 0 Å². The Morgan fingerprint density at radius 3 is 2.57 bits per heavy atom. The molecule has 0 bridgehead atoms. The Morgan fingerprint density at radius 2 is 2.00 bits per heavy atom. The molecule has 0 aromatic carbocycles. The second-order valence-electron chi connectivity index (χ2n) is 3.61. The third-order valence-corrected chi connectivity index (χ3v) is 3.04. The lowest BCUT2D eigenvalue weighted by Gasteiger charge is -2.08. The molecule has 0 radical (unpaired) electrons. The smallest absolute Gasteiger partial charge is 0.375 e. The number of rotatable bonds is 11. The van der Waals surface area contributed by atoms with Gasteiger partial charge >= 0.3 is 11.9 Å². The highest BCUT2D eigenvalue weighted by Gasteiger charge is 2.18. The van der Waals surface area contributed by atoms with Gasteiger partial charge in [0.2, 0.25) is 5.78 Å². The number of nitrogens with zero attached hydrogens (tertiary/aromatic N) is 1. The van der Waals surface area contributed by atoms with Gasteiger partial charge in [0, 0.05) is 12.2 Å². The van der Waals surface area contributed by atoms with Crippen molar-refractivity contribution in [2.75, 3.05) is 31.8 Å². The monoisotopic (exact) mass is 324 g/mol. The average molecular weight is 324 g/mol. The maximum Gasteiger partial charge on any atom is 0.375 e. The van der Waals surface area contributed by atoms with E-state index in [0.29, 0.717) is 0 Å². The van der Waals surface area contributed by atoms with Crippen LogP contribution in [-0.2, 0) is 28.7 Å². The van der Waals surface area contributed by atoms with Gasteiger partial charge in [0.25, 0.3) is 5.09 Å². The van der Waals surface area contributed by atoms with E-state index >= 15 is 0 Å². The van der Waals surface area contributed by atoms with Crippen molar-refractivity contribution < 1.29 is 33.8 Å². The summed E-state index contributed by atoms with van der Waals surface area (Å²) in [6, 6.07) is -0.872. The molecule has 0 saturated carbocycles. The molecule has 0 saturated heterocycles. The van der Waals surface area contributed by atoms with Crippen molar-refractivity contribution in [1.29, 1.82) is 0 Å². The fourth-order valence-corrected chi connectivity index (χ4v) is 1.81. The number of carbonyl (C=O) groups excluding carboxylic acids is 3. The summed E-state index contributed by atoms with van der Waals surface area (Å²) in [5.74, 6) is -2.50. The van der Waals surface area contributed by atoms with E-state index in [2.05, 4.69) is 14.3 Å². The molecule has 21 heavy (non-hydrogen) atoms. The zero-order valence-corrected chi connectivity index (χ0v) is 12.1. The number of hydrogen-bond acceptors (Lipinski definition) is 10. The molecule has 10 nitrogen and oxygen atoms in total. The molecular formula is C10H16N2O8S. The van der Waals surface area contributed by atoms with E-state index in [-0.39, 0.29) is 31.1 Å². The molecule has 0 aromatic heterocycles. The third-order valence-electron chi connectivity index (χ3n) is 1.98. The molecule has 0 fully saturated rings. The molecule has 0 aliphatic carbocycles. The summed E-state index contributed by atoms with van der Waals surface area (Å²) in [5.41, 5.74) is 5.44. The summed E-state index contributed by atoms with van der Waals surface area (Å²) in [6.07, 6.45) is 0.0976. The van der Waals surface area contributed by atoms with Gasteiger partial charge < -0.3 is 20.0 Å². The summed E-state index contributed by atoms with van der Waals surface area (Å²) in [6.45, 7) is -0.387. The molecule has 0 heterocycles. The standard InChI is InChI=1S/C10H16N2O8S/c1-18-9(14)7(11)5-21-6-8(13)10(15)19-3-2-4-20-12(16)17/h7H,2-6,11H2,1H3/t7-/m0/s1. The molecule has 2 N–H and O–H groups in total. The Hall–Kier alpha value is -1.88. The zero-order chi connectivity index (χ0) is 16.3. The predicted molar refractivity (Wildman–Crippen MR) is 70.8 cm³/mol. The van der Waals surface area contributed by atoms with Crippen LogP contribution in [0.25, 0.3) is 0 Å². The zero-order valence-electron chi connectivity index (χ0n) is 11.3. The summed E-state index contributed by atoms with van der Waals surface area (Å²) in [5, 5.41) is 8.86. The normalized spacial score (nSPS) is 11.3. The first-order valence-corrected chi connectivity index (χ1v) is 6.92. The summed E-state index contributed by atoms with van der Waals surface area (Å²) in [4.78, 5) is 47.4. The lowest BCUT2D eigenvalue weighted by atomic mass is 10.4. The highest BCUT2D eigenvalue weighted by molar-refractivity contribution is 8.00. The Labute approximate surface area is 124 Å². The molecule has 0 unspecified atom stereocenters. The van der Waals surface area contributed by atoms with Gasteiger partial charge in [-0.15, -0.1) is 10.1 Å². The number of esters is 2. The number of ketones is 1. The van der Waals surface area contributed by atoms with Crippen LogP contribution in [-0.4, -0.2) is 60.7 Å². The number of thioether (sulfide) groups is 1. The van der Waals surface area contributed by atoms with Crippen LogP contribution >= 0.6 is 11.8 Å². The van der Waals surface area contributed by atoms with Crippen LogP contribution in [0.3, 0.4) is 0 Å². The minimum absolute atomic E-state index is 0.0976. The molecule has 0 rings (SSSR count). The van der Waals surface area contributed by atoms with Gasteiger partial charge in [0.15, 0.2) is 0 Å². The Kier molecular flexibility index (Phi) is 9.88. The Bertz CT molecular complexity index is 389. The maximum atomic E-state index is 11.3. The lowest BCUT2D eigenvalue weighted by molar-refractivity contribution is -0.757. The van der Waals surface area contributed by atoms with Gasteiger partial charge in [-0.25, -0.2) is 4.79 Å². The molecule has 1 atom stereocenters. The van der Waals surface area contributed by atoms with Gasteiger partial charge in [0.05, 0.1) is 26.1 Å². The van der Waals surface area contributed by atoms with Gasteiger partial charge in [0.1, 0.15) is 6.04 Å². The van der Waals surface area contributed by atoms with Crippen molar-refractivity contribution in [2.24, 2.45) is 5.73 Å². The quantitative estimate of drug-likeness (QED) is 0.164.